The number of likely N-dealkylation sites (tertiary alicyclic amines) is 2. The van der Waals surface area contributed by atoms with E-state index in [1.165, 1.54) is 45.9 Å². The first-order valence-corrected chi connectivity index (χ1v) is 23.5. The maximum absolute atomic E-state index is 12.2. The number of fused-ring (bicyclic) bond motifs is 8. The SMILES string of the molecule is C[C@H]1[C@H]2Cc3ccc(O)cc3[C@@]1(CCN1CCS(=O)(=O)CC1)CCN2C.C[C@H]1[C@H]2Cc3ccc(O)cc3[C@@]1(CCNS(=O)(=O)N(C)C)CCN2CC1CC1. The molecule has 3 aliphatic heterocycles. The summed E-state index contributed by atoms with van der Waals surface area (Å²) < 4.78 is 51.7. The van der Waals surface area contributed by atoms with Crippen LogP contribution in [0.2, 0.25) is 0 Å². The number of benzene rings is 2. The smallest absolute Gasteiger partial charge is 0.278 e. The highest BCUT2D eigenvalue weighted by molar-refractivity contribution is 7.91. The van der Waals surface area contributed by atoms with Gasteiger partial charge in [0, 0.05) is 63.2 Å². The van der Waals surface area contributed by atoms with Gasteiger partial charge in [0.2, 0.25) is 0 Å². The van der Waals surface area contributed by atoms with E-state index >= 15 is 0 Å². The number of phenolic OH excluding ortho intramolecular Hbond substituents is 2. The molecule has 2 aromatic rings. The molecule has 4 bridgehead atoms. The minimum absolute atomic E-state index is 0.0832. The van der Waals surface area contributed by atoms with Crippen LogP contribution in [-0.4, -0.2) is 137 Å². The molecule has 13 heteroatoms. The third-order valence-corrected chi connectivity index (χ3v) is 17.8. The van der Waals surface area contributed by atoms with Gasteiger partial charge in [-0.1, -0.05) is 26.0 Å². The Labute approximate surface area is 324 Å². The lowest BCUT2D eigenvalue weighted by Crippen LogP contribution is -2.60. The van der Waals surface area contributed by atoms with Crippen molar-refractivity contribution in [3.05, 3.63) is 58.7 Å². The average molecular weight is 786 g/mol. The van der Waals surface area contributed by atoms with Crippen LogP contribution in [0.3, 0.4) is 0 Å². The molecule has 0 aromatic heterocycles. The lowest BCUT2D eigenvalue weighted by atomic mass is 9.56. The van der Waals surface area contributed by atoms with E-state index in [4.69, 9.17) is 0 Å². The van der Waals surface area contributed by atoms with Crippen molar-refractivity contribution in [2.45, 2.75) is 88.1 Å². The van der Waals surface area contributed by atoms with E-state index in [1.54, 1.807) is 20.2 Å². The molecule has 4 fully saturated rings. The predicted octanol–water partition coefficient (Wildman–Crippen LogP) is 3.74. The molecule has 8 rings (SSSR count). The van der Waals surface area contributed by atoms with Crippen LogP contribution in [0.1, 0.15) is 74.6 Å². The molecule has 6 atom stereocenters. The molecule has 3 saturated heterocycles. The van der Waals surface area contributed by atoms with Gasteiger partial charge in [-0.3, -0.25) is 4.90 Å². The molecule has 3 aliphatic carbocycles. The second-order valence-electron chi connectivity index (χ2n) is 17.7. The molecule has 3 heterocycles. The van der Waals surface area contributed by atoms with E-state index in [-0.39, 0.29) is 22.3 Å². The van der Waals surface area contributed by atoms with Gasteiger partial charge in [-0.2, -0.15) is 12.7 Å². The van der Waals surface area contributed by atoms with Crippen molar-refractivity contribution in [3.63, 3.8) is 0 Å². The lowest BCUT2D eigenvalue weighted by Gasteiger charge is -2.56. The second-order valence-corrected chi connectivity index (χ2v) is 22.0. The normalized spacial score (nSPS) is 32.3. The fourth-order valence-electron chi connectivity index (χ4n) is 10.9. The number of rotatable bonds is 10. The summed E-state index contributed by atoms with van der Waals surface area (Å²) in [5, 5.41) is 20.3. The van der Waals surface area contributed by atoms with Crippen molar-refractivity contribution in [2.75, 3.05) is 78.5 Å². The molecular formula is C41H63N5O6S2. The predicted molar refractivity (Wildman–Crippen MR) is 214 cm³/mol. The Kier molecular flexibility index (Phi) is 11.3. The van der Waals surface area contributed by atoms with Crippen LogP contribution in [0, 0.1) is 17.8 Å². The summed E-state index contributed by atoms with van der Waals surface area (Å²) in [6.45, 7) is 10.7. The molecule has 2 aromatic carbocycles. The molecule has 0 radical (unpaired) electrons. The maximum atomic E-state index is 12.2. The topological polar surface area (TPSA) is 134 Å². The van der Waals surface area contributed by atoms with Crippen molar-refractivity contribution >= 4 is 20.0 Å². The monoisotopic (exact) mass is 785 g/mol. The third kappa shape index (κ3) is 7.84. The summed E-state index contributed by atoms with van der Waals surface area (Å²) >= 11 is 0. The molecule has 3 N–H and O–H groups in total. The van der Waals surface area contributed by atoms with E-state index in [0.717, 1.165) is 64.1 Å². The Hall–Kier alpha value is -2.26. The number of nitrogens with zero attached hydrogens (tertiary/aromatic N) is 4. The number of nitrogens with one attached hydrogen (secondary N) is 1. The molecular weight excluding hydrogens is 723 g/mol. The van der Waals surface area contributed by atoms with Crippen LogP contribution in [0.5, 0.6) is 11.5 Å². The molecule has 0 unspecified atom stereocenters. The van der Waals surface area contributed by atoms with Crippen molar-refractivity contribution < 1.29 is 27.0 Å². The first-order valence-electron chi connectivity index (χ1n) is 20.2. The van der Waals surface area contributed by atoms with E-state index in [2.05, 4.69) is 52.4 Å². The molecule has 1 saturated carbocycles. The largest absolute Gasteiger partial charge is 0.508 e. The summed E-state index contributed by atoms with van der Waals surface area (Å²) in [5.74, 6) is 3.07. The summed E-state index contributed by atoms with van der Waals surface area (Å²) in [4.78, 5) is 7.49. The number of aromatic hydroxyl groups is 2. The zero-order valence-corrected chi connectivity index (χ0v) is 34.6. The zero-order valence-electron chi connectivity index (χ0n) is 33.0. The molecule has 0 amide bonds. The first-order chi connectivity index (χ1) is 25.5. The number of hydrogen-bond acceptors (Lipinski definition) is 9. The average Bonchev–Trinajstić information content (AvgIpc) is 3.94. The van der Waals surface area contributed by atoms with Crippen molar-refractivity contribution in [3.8, 4) is 11.5 Å². The quantitative estimate of drug-likeness (QED) is 0.330. The summed E-state index contributed by atoms with van der Waals surface area (Å²) in [6.07, 6.45) is 8.70. The van der Waals surface area contributed by atoms with Gasteiger partial charge in [0.05, 0.1) is 11.5 Å². The van der Waals surface area contributed by atoms with Crippen LogP contribution in [0.4, 0.5) is 0 Å². The number of piperidine rings is 2. The Bertz CT molecular complexity index is 1890. The standard InChI is InChI=1S/C21H33N3O3S.C20H30N2O3S/c1-15-20-12-17-6-7-18(25)13-19(17)21(15,8-10-22-28(26,27)23(2)3)9-11-24(20)14-16-4-5-16;1-15-19-13-16-3-4-17(23)14-18(16)20(15,5-7-21(19)2)6-8-22-9-11-26(24,25)12-10-22/h6-7,13,15-16,20,22,25H,4-5,8-12,14H2,1-3H3;3-4,14-15,19,23H,5-13H2,1-2H3/t15-,20+,21-;15-,19+,20+/m00/s1. The van der Waals surface area contributed by atoms with Crippen molar-refractivity contribution in [1.29, 1.82) is 0 Å². The highest BCUT2D eigenvalue weighted by atomic mass is 32.2. The Balaban J connectivity index is 0.000000167. The number of likely N-dealkylation sites (N-methyl/N-ethyl adjacent to an activating group) is 1. The fraction of sp³-hybridized carbons (Fsp3) is 0.707. The molecule has 54 heavy (non-hydrogen) atoms. The van der Waals surface area contributed by atoms with Crippen molar-refractivity contribution in [2.24, 2.45) is 17.8 Å². The molecule has 6 aliphatic rings. The molecule has 11 nitrogen and oxygen atoms in total. The second kappa shape index (κ2) is 15.2. The van der Waals surface area contributed by atoms with E-state index in [0.29, 0.717) is 55.1 Å². The van der Waals surface area contributed by atoms with Crippen LogP contribution < -0.4 is 4.72 Å². The van der Waals surface area contributed by atoms with Gasteiger partial charge in [0.25, 0.3) is 10.2 Å². The fourth-order valence-corrected chi connectivity index (χ4v) is 12.8. The van der Waals surface area contributed by atoms with Crippen LogP contribution in [-0.2, 0) is 43.7 Å². The maximum Gasteiger partial charge on any atom is 0.278 e. The minimum Gasteiger partial charge on any atom is -0.508 e. The van der Waals surface area contributed by atoms with Gasteiger partial charge in [-0.25, -0.2) is 13.1 Å². The van der Waals surface area contributed by atoms with E-state index < -0.39 is 20.0 Å². The van der Waals surface area contributed by atoms with Gasteiger partial charge in [-0.15, -0.1) is 0 Å². The first kappa shape index (κ1) is 40.0. The summed E-state index contributed by atoms with van der Waals surface area (Å²) in [7, 11) is -0.940. The summed E-state index contributed by atoms with van der Waals surface area (Å²) in [6, 6.07) is 12.7. The van der Waals surface area contributed by atoms with Crippen molar-refractivity contribution in [1.82, 2.24) is 23.7 Å². The Morgan fingerprint density at radius 1 is 0.833 bits per heavy atom. The minimum atomic E-state index is -3.43. The molecule has 300 valence electrons. The molecule has 0 spiro atoms. The van der Waals surface area contributed by atoms with Gasteiger partial charge in [0.15, 0.2) is 9.84 Å². The zero-order chi connectivity index (χ0) is 38.6. The van der Waals surface area contributed by atoms with Gasteiger partial charge in [0.1, 0.15) is 11.5 Å². The lowest BCUT2D eigenvalue weighted by molar-refractivity contribution is 0.0164. The van der Waals surface area contributed by atoms with E-state index in [1.807, 2.05) is 18.2 Å². The Morgan fingerprint density at radius 3 is 1.98 bits per heavy atom. The van der Waals surface area contributed by atoms with E-state index in [9.17, 15) is 27.0 Å². The van der Waals surface area contributed by atoms with Crippen LogP contribution >= 0.6 is 0 Å². The third-order valence-electron chi connectivity index (χ3n) is 14.6. The number of sulfone groups is 1. The Morgan fingerprint density at radius 2 is 1.39 bits per heavy atom. The van der Waals surface area contributed by atoms with Gasteiger partial charge in [-0.05, 0) is 142 Å². The summed E-state index contributed by atoms with van der Waals surface area (Å²) in [5.41, 5.74) is 5.24. The highest BCUT2D eigenvalue weighted by Gasteiger charge is 2.52. The van der Waals surface area contributed by atoms with Gasteiger partial charge >= 0.3 is 0 Å². The van der Waals surface area contributed by atoms with Crippen LogP contribution in [0.25, 0.3) is 0 Å². The number of hydrogen-bond donors (Lipinski definition) is 3. The van der Waals surface area contributed by atoms with Gasteiger partial charge < -0.3 is 20.0 Å². The van der Waals surface area contributed by atoms with Crippen LogP contribution in [0.15, 0.2) is 36.4 Å². The highest BCUT2D eigenvalue weighted by Crippen LogP contribution is 2.53. The number of phenols is 2.